The second-order valence-electron chi connectivity index (χ2n) is 3.21. The Labute approximate surface area is 69.9 Å². The van der Waals surface area contributed by atoms with E-state index in [-0.39, 0.29) is 0 Å². The number of rotatable bonds is 6. The van der Waals surface area contributed by atoms with Crippen LogP contribution in [-0.4, -0.2) is 24.1 Å². The van der Waals surface area contributed by atoms with Crippen molar-refractivity contribution in [3.05, 3.63) is 0 Å². The first-order valence-electron chi connectivity index (χ1n) is 4.82. The zero-order valence-electron chi connectivity index (χ0n) is 7.71. The molecule has 1 aliphatic rings. The molecule has 0 atom stereocenters. The molecule has 1 aliphatic carbocycles. The summed E-state index contributed by atoms with van der Waals surface area (Å²) in [7, 11) is 0. The van der Waals surface area contributed by atoms with Crippen molar-refractivity contribution in [3.8, 4) is 0 Å². The Kier molecular flexibility index (Phi) is 3.87. The molecule has 0 aromatic carbocycles. The number of hydrogen-bond donors (Lipinski definition) is 0. The van der Waals surface area contributed by atoms with Gasteiger partial charge in [0.1, 0.15) is 0 Å². The molecule has 0 N–H and O–H groups in total. The van der Waals surface area contributed by atoms with Crippen molar-refractivity contribution in [2.75, 3.05) is 13.1 Å². The third-order valence-electron chi connectivity index (χ3n) is 2.09. The smallest absolute Gasteiger partial charge is 0.0306 e. The Bertz CT molecular complexity index is 99.7. The standard InChI is InChI=1S/C9H19N2/c1-3-5-8-10-11(4-2)9-6-7-9/h9H,3-8H2,1-2H3. The molecular weight excluding hydrogens is 136 g/mol. The van der Waals surface area contributed by atoms with Gasteiger partial charge in [-0.2, -0.15) is 5.43 Å². The average Bonchev–Trinajstić information content (AvgIpc) is 2.81. The highest BCUT2D eigenvalue weighted by atomic mass is 15.5. The summed E-state index contributed by atoms with van der Waals surface area (Å²) in [5.41, 5.74) is 4.53. The first-order valence-corrected chi connectivity index (χ1v) is 4.82. The second kappa shape index (κ2) is 4.73. The molecule has 0 aliphatic heterocycles. The Morgan fingerprint density at radius 1 is 1.36 bits per heavy atom. The van der Waals surface area contributed by atoms with E-state index in [0.717, 1.165) is 19.1 Å². The molecule has 0 aromatic rings. The Morgan fingerprint density at radius 3 is 2.55 bits per heavy atom. The largest absolute Gasteiger partial charge is 0.224 e. The Balaban J connectivity index is 2.01. The van der Waals surface area contributed by atoms with Crippen LogP contribution in [-0.2, 0) is 0 Å². The molecule has 2 heteroatoms. The van der Waals surface area contributed by atoms with E-state index >= 15 is 0 Å². The maximum absolute atomic E-state index is 4.53. The van der Waals surface area contributed by atoms with Gasteiger partial charge in [0.05, 0.1) is 0 Å². The average molecular weight is 155 g/mol. The van der Waals surface area contributed by atoms with Gasteiger partial charge in [0.15, 0.2) is 0 Å². The van der Waals surface area contributed by atoms with E-state index in [2.05, 4.69) is 24.3 Å². The van der Waals surface area contributed by atoms with Crippen LogP contribution in [0.25, 0.3) is 0 Å². The van der Waals surface area contributed by atoms with Gasteiger partial charge >= 0.3 is 0 Å². The van der Waals surface area contributed by atoms with Crippen LogP contribution in [0.2, 0.25) is 0 Å². The molecule has 0 unspecified atom stereocenters. The lowest BCUT2D eigenvalue weighted by atomic mass is 10.3. The van der Waals surface area contributed by atoms with E-state index in [1.54, 1.807) is 0 Å². The summed E-state index contributed by atoms with van der Waals surface area (Å²) in [6, 6.07) is 0.803. The maximum atomic E-state index is 4.53. The second-order valence-corrected chi connectivity index (χ2v) is 3.21. The highest BCUT2D eigenvalue weighted by molar-refractivity contribution is 4.81. The van der Waals surface area contributed by atoms with Gasteiger partial charge in [0.25, 0.3) is 0 Å². The fourth-order valence-electron chi connectivity index (χ4n) is 1.20. The van der Waals surface area contributed by atoms with Crippen LogP contribution in [0.5, 0.6) is 0 Å². The van der Waals surface area contributed by atoms with Crippen molar-refractivity contribution in [2.45, 2.75) is 45.6 Å². The van der Waals surface area contributed by atoms with E-state index in [1.807, 2.05) is 0 Å². The predicted molar refractivity (Wildman–Crippen MR) is 47.3 cm³/mol. The van der Waals surface area contributed by atoms with Gasteiger partial charge in [-0.25, -0.2) is 5.01 Å². The van der Waals surface area contributed by atoms with E-state index in [0.29, 0.717) is 0 Å². The van der Waals surface area contributed by atoms with Gasteiger partial charge in [-0.3, -0.25) is 0 Å². The highest BCUT2D eigenvalue weighted by Gasteiger charge is 2.27. The monoisotopic (exact) mass is 155 g/mol. The summed E-state index contributed by atoms with van der Waals surface area (Å²) in [4.78, 5) is 0. The summed E-state index contributed by atoms with van der Waals surface area (Å²) in [6.07, 6.45) is 5.22. The topological polar surface area (TPSA) is 17.3 Å². The van der Waals surface area contributed by atoms with Gasteiger partial charge in [-0.15, -0.1) is 0 Å². The first kappa shape index (κ1) is 9.01. The van der Waals surface area contributed by atoms with Crippen LogP contribution < -0.4 is 5.43 Å². The van der Waals surface area contributed by atoms with Crippen molar-refractivity contribution in [1.82, 2.24) is 10.4 Å². The van der Waals surface area contributed by atoms with Crippen molar-refractivity contribution < 1.29 is 0 Å². The Morgan fingerprint density at radius 2 is 2.09 bits per heavy atom. The number of nitrogens with zero attached hydrogens (tertiary/aromatic N) is 2. The van der Waals surface area contributed by atoms with Crippen molar-refractivity contribution in [2.24, 2.45) is 0 Å². The quantitative estimate of drug-likeness (QED) is 0.422. The van der Waals surface area contributed by atoms with Gasteiger partial charge in [-0.1, -0.05) is 20.3 Å². The van der Waals surface area contributed by atoms with Gasteiger partial charge in [0, 0.05) is 19.1 Å². The molecule has 0 aromatic heterocycles. The zero-order valence-corrected chi connectivity index (χ0v) is 7.71. The molecule has 11 heavy (non-hydrogen) atoms. The van der Waals surface area contributed by atoms with Crippen LogP contribution in [0.4, 0.5) is 0 Å². The lowest BCUT2D eigenvalue weighted by Crippen LogP contribution is -2.34. The molecule has 1 radical (unpaired) electrons. The fraction of sp³-hybridized carbons (Fsp3) is 1.00. The van der Waals surface area contributed by atoms with E-state index in [9.17, 15) is 0 Å². The minimum absolute atomic E-state index is 0.803. The predicted octanol–water partition coefficient (Wildman–Crippen LogP) is 1.79. The van der Waals surface area contributed by atoms with Crippen molar-refractivity contribution in [1.29, 1.82) is 0 Å². The molecule has 0 heterocycles. The van der Waals surface area contributed by atoms with E-state index in [4.69, 9.17) is 0 Å². The molecule has 0 bridgehead atoms. The Hall–Kier alpha value is -0.0800. The third-order valence-corrected chi connectivity index (χ3v) is 2.09. The van der Waals surface area contributed by atoms with Crippen LogP contribution >= 0.6 is 0 Å². The fourth-order valence-corrected chi connectivity index (χ4v) is 1.20. The minimum atomic E-state index is 0.803. The summed E-state index contributed by atoms with van der Waals surface area (Å²) in [5.74, 6) is 0. The normalized spacial score (nSPS) is 17.7. The SMILES string of the molecule is CCCC[N]N(CC)C1CC1. The lowest BCUT2D eigenvalue weighted by molar-refractivity contribution is 0.178. The van der Waals surface area contributed by atoms with Crippen LogP contribution in [0.15, 0.2) is 0 Å². The van der Waals surface area contributed by atoms with E-state index < -0.39 is 0 Å². The third kappa shape index (κ3) is 3.21. The minimum Gasteiger partial charge on any atom is -0.224 e. The molecular formula is C9H19N2. The molecule has 0 spiro atoms. The summed E-state index contributed by atoms with van der Waals surface area (Å²) in [6.45, 7) is 6.52. The molecule has 1 saturated carbocycles. The van der Waals surface area contributed by atoms with Crippen LogP contribution in [0, 0.1) is 0 Å². The molecule has 0 saturated heterocycles. The van der Waals surface area contributed by atoms with Gasteiger partial charge < -0.3 is 0 Å². The number of unbranched alkanes of at least 4 members (excludes halogenated alkanes) is 1. The lowest BCUT2D eigenvalue weighted by Gasteiger charge is -2.17. The first-order chi connectivity index (χ1) is 5.38. The molecule has 1 rings (SSSR count). The number of hydrogen-bond acceptors (Lipinski definition) is 1. The molecule has 65 valence electrons. The molecule has 2 nitrogen and oxygen atoms in total. The summed E-state index contributed by atoms with van der Waals surface area (Å²) in [5, 5.41) is 2.26. The van der Waals surface area contributed by atoms with Crippen molar-refractivity contribution >= 4 is 0 Å². The molecule has 1 fully saturated rings. The van der Waals surface area contributed by atoms with E-state index in [1.165, 1.54) is 25.7 Å². The highest BCUT2D eigenvalue weighted by Crippen LogP contribution is 2.25. The maximum Gasteiger partial charge on any atom is 0.0306 e. The van der Waals surface area contributed by atoms with Crippen molar-refractivity contribution in [3.63, 3.8) is 0 Å². The van der Waals surface area contributed by atoms with Gasteiger partial charge in [-0.05, 0) is 19.3 Å². The molecule has 0 amide bonds. The summed E-state index contributed by atoms with van der Waals surface area (Å²) < 4.78 is 0. The van der Waals surface area contributed by atoms with Crippen LogP contribution in [0.3, 0.4) is 0 Å². The summed E-state index contributed by atoms with van der Waals surface area (Å²) >= 11 is 0. The van der Waals surface area contributed by atoms with Gasteiger partial charge in [0.2, 0.25) is 0 Å². The zero-order chi connectivity index (χ0) is 8.10. The van der Waals surface area contributed by atoms with Crippen LogP contribution in [0.1, 0.15) is 39.5 Å².